The lowest BCUT2D eigenvalue weighted by molar-refractivity contribution is 0.0968. The Morgan fingerprint density at radius 3 is 1.97 bits per heavy atom. The number of imidazole rings is 1. The van der Waals surface area contributed by atoms with Crippen molar-refractivity contribution in [2.75, 3.05) is 34.2 Å². The number of carbonyl (C=O) groups excluding carboxylic acids is 1. The van der Waals surface area contributed by atoms with Crippen LogP contribution in [0.5, 0.6) is 23.0 Å². The maximum Gasteiger partial charge on any atom is 0.265 e. The first kappa shape index (κ1) is 21.4. The highest BCUT2D eigenvalue weighted by molar-refractivity contribution is 6.20. The van der Waals surface area contributed by atoms with Crippen LogP contribution in [0.25, 0.3) is 32.6 Å². The quantitative estimate of drug-likeness (QED) is 0.384. The van der Waals surface area contributed by atoms with Gasteiger partial charge in [0.15, 0.2) is 23.0 Å². The lowest BCUT2D eigenvalue weighted by Gasteiger charge is -2.16. The summed E-state index contributed by atoms with van der Waals surface area (Å²) in [5.74, 6) is 2.00. The summed E-state index contributed by atoms with van der Waals surface area (Å²) >= 11 is 0. The summed E-state index contributed by atoms with van der Waals surface area (Å²) in [5, 5.41) is 3.14. The molecular formula is C26H23N3O5. The van der Waals surface area contributed by atoms with E-state index in [1.54, 1.807) is 34.5 Å². The van der Waals surface area contributed by atoms with Gasteiger partial charge in [-0.05, 0) is 64.0 Å². The van der Waals surface area contributed by atoms with Gasteiger partial charge in [-0.3, -0.25) is 4.79 Å². The number of ether oxygens (including phenoxy) is 4. The molecule has 1 aromatic heterocycles. The van der Waals surface area contributed by atoms with E-state index in [1.165, 1.54) is 4.57 Å². The molecule has 0 fully saturated rings. The second-order valence-corrected chi connectivity index (χ2v) is 7.70. The summed E-state index contributed by atoms with van der Waals surface area (Å²) in [7, 11) is 6.29. The fourth-order valence-corrected chi connectivity index (χ4v) is 4.36. The molecule has 0 saturated carbocycles. The van der Waals surface area contributed by atoms with Crippen LogP contribution >= 0.6 is 0 Å². The fourth-order valence-electron chi connectivity index (χ4n) is 4.36. The topological polar surface area (TPSA) is 97.8 Å². The molecule has 4 aromatic carbocycles. The Hall–Kier alpha value is -4.46. The van der Waals surface area contributed by atoms with Gasteiger partial charge in [0, 0.05) is 5.56 Å². The Bertz CT molecular complexity index is 1590. The largest absolute Gasteiger partial charge is 0.493 e. The minimum absolute atomic E-state index is 0.118. The van der Waals surface area contributed by atoms with Gasteiger partial charge in [-0.1, -0.05) is 12.1 Å². The third-order valence-corrected chi connectivity index (χ3v) is 5.98. The zero-order valence-corrected chi connectivity index (χ0v) is 19.2. The summed E-state index contributed by atoms with van der Waals surface area (Å²) in [4.78, 5) is 18.3. The molecule has 0 saturated heterocycles. The number of nitrogens with two attached hydrogens (primary N) is 1. The third kappa shape index (κ3) is 3.14. The number of nitrogens with zero attached hydrogens (tertiary/aromatic N) is 2. The minimum atomic E-state index is -0.305. The number of anilines is 1. The van der Waals surface area contributed by atoms with Crippen LogP contribution < -0.4 is 24.7 Å². The van der Waals surface area contributed by atoms with Crippen LogP contribution in [0.1, 0.15) is 10.4 Å². The summed E-state index contributed by atoms with van der Waals surface area (Å²) in [6.07, 6.45) is 0. The van der Waals surface area contributed by atoms with Crippen molar-refractivity contribution in [3.8, 4) is 23.0 Å². The molecule has 0 atom stereocenters. The normalized spacial score (nSPS) is 11.2. The van der Waals surface area contributed by atoms with Crippen LogP contribution in [0.2, 0.25) is 0 Å². The van der Waals surface area contributed by atoms with E-state index in [4.69, 9.17) is 24.7 Å². The van der Waals surface area contributed by atoms with Gasteiger partial charge in [-0.15, -0.1) is 0 Å². The summed E-state index contributed by atoms with van der Waals surface area (Å²) in [6.45, 7) is 0. The maximum atomic E-state index is 13.9. The number of hydrogen-bond donors (Lipinski definition) is 1. The van der Waals surface area contributed by atoms with Crippen LogP contribution in [-0.4, -0.2) is 43.9 Å². The van der Waals surface area contributed by atoms with Crippen molar-refractivity contribution in [3.05, 3.63) is 60.2 Å². The molecule has 0 unspecified atom stereocenters. The molecule has 0 radical (unpaired) electrons. The van der Waals surface area contributed by atoms with E-state index in [9.17, 15) is 4.79 Å². The van der Waals surface area contributed by atoms with Crippen molar-refractivity contribution in [3.63, 3.8) is 0 Å². The molecule has 0 aliphatic carbocycles. The third-order valence-electron chi connectivity index (χ3n) is 5.98. The number of methoxy groups -OCH3 is 4. The molecule has 0 aliphatic rings. The van der Waals surface area contributed by atoms with Crippen LogP contribution in [0.15, 0.2) is 54.6 Å². The van der Waals surface area contributed by atoms with E-state index in [0.29, 0.717) is 45.0 Å². The molecule has 5 rings (SSSR count). The van der Waals surface area contributed by atoms with Gasteiger partial charge in [-0.2, -0.15) is 0 Å². The zero-order valence-electron chi connectivity index (χ0n) is 19.2. The average Bonchev–Trinajstić information content (AvgIpc) is 3.21. The number of aromatic nitrogens is 2. The van der Waals surface area contributed by atoms with Gasteiger partial charge in [0.2, 0.25) is 5.95 Å². The predicted molar refractivity (Wildman–Crippen MR) is 132 cm³/mol. The number of nitrogen functional groups attached to an aromatic ring is 1. The van der Waals surface area contributed by atoms with Crippen molar-refractivity contribution >= 4 is 44.4 Å². The Balaban J connectivity index is 1.89. The molecule has 8 nitrogen and oxygen atoms in total. The molecule has 0 amide bonds. The second-order valence-electron chi connectivity index (χ2n) is 7.70. The SMILES string of the molecule is COc1cc2cc(C(=O)n3c(N)nc4ccccc43)c3cc(OC)c(OC)cc3c2cc1OC. The Labute approximate surface area is 195 Å². The number of fused-ring (bicyclic) bond motifs is 4. The van der Waals surface area contributed by atoms with E-state index in [1.807, 2.05) is 48.5 Å². The molecule has 2 N–H and O–H groups in total. The molecule has 1 heterocycles. The van der Waals surface area contributed by atoms with Crippen molar-refractivity contribution < 1.29 is 23.7 Å². The maximum absolute atomic E-state index is 13.9. The summed E-state index contributed by atoms with van der Waals surface area (Å²) < 4.78 is 23.5. The Morgan fingerprint density at radius 2 is 1.32 bits per heavy atom. The molecule has 0 aliphatic heterocycles. The predicted octanol–water partition coefficient (Wildman–Crippen LogP) is 4.65. The highest BCUT2D eigenvalue weighted by Crippen LogP contribution is 2.41. The Kier molecular flexibility index (Phi) is 5.13. The molecule has 5 aromatic rings. The molecule has 0 spiro atoms. The van der Waals surface area contributed by atoms with E-state index in [2.05, 4.69) is 4.98 Å². The fraction of sp³-hybridized carbons (Fsp3) is 0.154. The van der Waals surface area contributed by atoms with Crippen LogP contribution in [0, 0.1) is 0 Å². The van der Waals surface area contributed by atoms with E-state index in [0.717, 1.165) is 16.2 Å². The van der Waals surface area contributed by atoms with Crippen LogP contribution in [-0.2, 0) is 0 Å². The van der Waals surface area contributed by atoms with Crippen molar-refractivity contribution in [1.82, 2.24) is 9.55 Å². The first-order valence-corrected chi connectivity index (χ1v) is 10.5. The van der Waals surface area contributed by atoms with Crippen molar-refractivity contribution in [2.45, 2.75) is 0 Å². The molecule has 0 bridgehead atoms. The zero-order chi connectivity index (χ0) is 24.0. The molecule has 34 heavy (non-hydrogen) atoms. The number of carbonyl (C=O) groups is 1. The number of rotatable bonds is 5. The number of benzene rings is 4. The lowest BCUT2D eigenvalue weighted by Crippen LogP contribution is -2.15. The summed E-state index contributed by atoms with van der Waals surface area (Å²) in [5.41, 5.74) is 7.89. The van der Waals surface area contributed by atoms with Crippen LogP contribution in [0.3, 0.4) is 0 Å². The van der Waals surface area contributed by atoms with Crippen LogP contribution in [0.4, 0.5) is 5.95 Å². The number of para-hydroxylation sites is 2. The molecule has 8 heteroatoms. The van der Waals surface area contributed by atoms with Crippen molar-refractivity contribution in [1.29, 1.82) is 0 Å². The van der Waals surface area contributed by atoms with Gasteiger partial charge >= 0.3 is 0 Å². The van der Waals surface area contributed by atoms with Gasteiger partial charge in [0.25, 0.3) is 5.91 Å². The first-order valence-electron chi connectivity index (χ1n) is 10.5. The molecular weight excluding hydrogens is 434 g/mol. The minimum Gasteiger partial charge on any atom is -0.493 e. The smallest absolute Gasteiger partial charge is 0.265 e. The van der Waals surface area contributed by atoms with E-state index < -0.39 is 0 Å². The van der Waals surface area contributed by atoms with Crippen molar-refractivity contribution in [2.24, 2.45) is 0 Å². The van der Waals surface area contributed by atoms with E-state index in [-0.39, 0.29) is 11.9 Å². The van der Waals surface area contributed by atoms with E-state index >= 15 is 0 Å². The van der Waals surface area contributed by atoms with Gasteiger partial charge in [-0.25, -0.2) is 9.55 Å². The first-order chi connectivity index (χ1) is 16.5. The van der Waals surface area contributed by atoms with Gasteiger partial charge in [0.1, 0.15) is 0 Å². The van der Waals surface area contributed by atoms with Gasteiger partial charge < -0.3 is 24.7 Å². The standard InChI is InChI=1S/C26H23N3O5/c1-31-21-10-14-9-18(25(30)29-20-8-6-5-7-19(20)28-26(29)27)17-13-24(34-4)23(33-3)12-16(17)15(14)11-22(21)32-2/h5-13H,1-4H3,(H2,27,28). The average molecular weight is 457 g/mol. The lowest BCUT2D eigenvalue weighted by atomic mass is 9.95. The summed E-state index contributed by atoms with van der Waals surface area (Å²) in [6, 6.07) is 16.5. The highest BCUT2D eigenvalue weighted by Gasteiger charge is 2.22. The van der Waals surface area contributed by atoms with Gasteiger partial charge in [0.05, 0.1) is 39.5 Å². The Morgan fingerprint density at radius 1 is 0.765 bits per heavy atom. The number of hydrogen-bond acceptors (Lipinski definition) is 7. The highest BCUT2D eigenvalue weighted by atomic mass is 16.5. The molecule has 172 valence electrons. The second kappa shape index (κ2) is 8.15. The monoisotopic (exact) mass is 457 g/mol.